The summed E-state index contributed by atoms with van der Waals surface area (Å²) in [5, 5.41) is 11.9. The zero-order chi connectivity index (χ0) is 19.1. The lowest BCUT2D eigenvalue weighted by Gasteiger charge is -2.13. The Morgan fingerprint density at radius 1 is 1.04 bits per heavy atom. The third-order valence-corrected chi connectivity index (χ3v) is 4.74. The van der Waals surface area contributed by atoms with E-state index in [1.54, 1.807) is 6.07 Å². The highest BCUT2D eigenvalue weighted by atomic mass is 16.2. The maximum Gasteiger partial charge on any atom is 0.323 e. The first kappa shape index (κ1) is 18.9. The van der Waals surface area contributed by atoms with E-state index in [2.05, 4.69) is 21.3 Å². The molecule has 1 unspecified atom stereocenters. The maximum absolute atomic E-state index is 12.3. The molecule has 1 fully saturated rings. The lowest BCUT2D eigenvalue weighted by Crippen LogP contribution is -2.20. The largest absolute Gasteiger partial charge is 0.326 e. The first-order chi connectivity index (χ1) is 13.1. The molecule has 1 saturated heterocycles. The van der Waals surface area contributed by atoms with Crippen LogP contribution in [0.3, 0.4) is 0 Å². The van der Waals surface area contributed by atoms with Gasteiger partial charge in [0.05, 0.1) is 0 Å². The van der Waals surface area contributed by atoms with Crippen molar-refractivity contribution in [2.24, 2.45) is 5.92 Å². The quantitative estimate of drug-likeness (QED) is 0.624. The molecule has 2 aromatic rings. The van der Waals surface area contributed by atoms with E-state index in [9.17, 15) is 9.59 Å². The van der Waals surface area contributed by atoms with E-state index < -0.39 is 0 Å². The molecule has 0 saturated carbocycles. The van der Waals surface area contributed by atoms with Gasteiger partial charge in [-0.15, -0.1) is 0 Å². The number of amides is 3. The van der Waals surface area contributed by atoms with Gasteiger partial charge in [0.2, 0.25) is 5.91 Å². The van der Waals surface area contributed by atoms with E-state index >= 15 is 0 Å². The first-order valence-electron chi connectivity index (χ1n) is 9.34. The first-order valence-corrected chi connectivity index (χ1v) is 9.34. The molecule has 27 heavy (non-hydrogen) atoms. The average Bonchev–Trinajstić information content (AvgIpc) is 3.17. The van der Waals surface area contributed by atoms with E-state index in [0.29, 0.717) is 18.0 Å². The number of hydrogen-bond donors (Lipinski definition) is 4. The molecule has 2 aromatic carbocycles. The van der Waals surface area contributed by atoms with Crippen molar-refractivity contribution in [1.82, 2.24) is 5.32 Å². The summed E-state index contributed by atoms with van der Waals surface area (Å²) in [5.74, 6) is 0.599. The van der Waals surface area contributed by atoms with Gasteiger partial charge < -0.3 is 21.3 Å². The number of nitrogens with one attached hydrogen (secondary N) is 4. The van der Waals surface area contributed by atoms with Crippen LogP contribution in [0, 0.1) is 12.8 Å². The summed E-state index contributed by atoms with van der Waals surface area (Å²) >= 11 is 0. The molecule has 142 valence electrons. The van der Waals surface area contributed by atoms with E-state index in [1.165, 1.54) is 0 Å². The Kier molecular flexibility index (Phi) is 6.44. The van der Waals surface area contributed by atoms with E-state index in [0.717, 1.165) is 42.9 Å². The Bertz CT molecular complexity index is 786. The van der Waals surface area contributed by atoms with Gasteiger partial charge in [-0.05, 0) is 68.6 Å². The zero-order valence-electron chi connectivity index (χ0n) is 15.5. The fraction of sp³-hybridized carbons (Fsp3) is 0.333. The lowest BCUT2D eigenvalue weighted by molar-refractivity contribution is -0.116. The SMILES string of the molecule is Cc1ccc(NC(=O)Nc2ccccc2)cc1NC(=O)CCC1CCNC1. The second-order valence-corrected chi connectivity index (χ2v) is 6.92. The van der Waals surface area contributed by atoms with Crippen LogP contribution in [0.1, 0.15) is 24.8 Å². The number of benzene rings is 2. The second-order valence-electron chi connectivity index (χ2n) is 6.92. The van der Waals surface area contributed by atoms with Gasteiger partial charge in [-0.3, -0.25) is 4.79 Å². The van der Waals surface area contributed by atoms with Crippen LogP contribution in [0.5, 0.6) is 0 Å². The van der Waals surface area contributed by atoms with Crippen molar-refractivity contribution in [3.05, 3.63) is 54.1 Å². The molecule has 0 spiro atoms. The van der Waals surface area contributed by atoms with Crippen LogP contribution in [0.4, 0.5) is 21.9 Å². The Labute approximate surface area is 159 Å². The molecule has 6 heteroatoms. The summed E-state index contributed by atoms with van der Waals surface area (Å²) in [6.45, 7) is 3.98. The molecule has 3 rings (SSSR count). The highest BCUT2D eigenvalue weighted by molar-refractivity contribution is 6.00. The molecular weight excluding hydrogens is 340 g/mol. The Hall–Kier alpha value is -2.86. The third kappa shape index (κ3) is 5.82. The van der Waals surface area contributed by atoms with Crippen molar-refractivity contribution in [2.75, 3.05) is 29.0 Å². The summed E-state index contributed by atoms with van der Waals surface area (Å²) in [6.07, 6.45) is 2.55. The van der Waals surface area contributed by atoms with Gasteiger partial charge in [-0.1, -0.05) is 24.3 Å². The van der Waals surface area contributed by atoms with Gasteiger partial charge in [0, 0.05) is 23.5 Å². The zero-order valence-corrected chi connectivity index (χ0v) is 15.5. The predicted octanol–water partition coefficient (Wildman–Crippen LogP) is 3.97. The summed E-state index contributed by atoms with van der Waals surface area (Å²) in [4.78, 5) is 24.4. The standard InChI is InChI=1S/C21H26N4O2/c1-15-7-9-18(24-21(27)23-17-5-3-2-4-6-17)13-19(15)25-20(26)10-8-16-11-12-22-14-16/h2-7,9,13,16,22H,8,10-12,14H2,1H3,(H,25,26)(H2,23,24,27). The minimum absolute atomic E-state index is 0.0101. The van der Waals surface area contributed by atoms with Gasteiger partial charge in [0.15, 0.2) is 0 Å². The van der Waals surface area contributed by atoms with Crippen molar-refractivity contribution in [3.63, 3.8) is 0 Å². The van der Waals surface area contributed by atoms with Gasteiger partial charge >= 0.3 is 6.03 Å². The Morgan fingerprint density at radius 2 is 1.81 bits per heavy atom. The highest BCUT2D eigenvalue weighted by Gasteiger charge is 2.16. The minimum atomic E-state index is -0.323. The van der Waals surface area contributed by atoms with Crippen LogP contribution in [-0.2, 0) is 4.79 Å². The number of urea groups is 1. The average molecular weight is 366 g/mol. The molecule has 0 aliphatic carbocycles. The van der Waals surface area contributed by atoms with Crippen molar-refractivity contribution in [3.8, 4) is 0 Å². The van der Waals surface area contributed by atoms with Gasteiger partial charge in [0.25, 0.3) is 0 Å². The molecule has 1 aliphatic rings. The topological polar surface area (TPSA) is 82.3 Å². The van der Waals surface area contributed by atoms with Gasteiger partial charge in [-0.2, -0.15) is 0 Å². The molecule has 0 bridgehead atoms. The normalized spacial score (nSPS) is 16.0. The van der Waals surface area contributed by atoms with Crippen LogP contribution >= 0.6 is 0 Å². The molecule has 6 nitrogen and oxygen atoms in total. The van der Waals surface area contributed by atoms with E-state index in [1.807, 2.05) is 49.4 Å². The number of hydrogen-bond acceptors (Lipinski definition) is 3. The van der Waals surface area contributed by atoms with E-state index in [-0.39, 0.29) is 11.9 Å². The summed E-state index contributed by atoms with van der Waals surface area (Å²) in [6, 6.07) is 14.4. The van der Waals surface area contributed by atoms with Crippen molar-refractivity contribution >= 4 is 29.0 Å². The fourth-order valence-corrected chi connectivity index (χ4v) is 3.16. The molecule has 3 amide bonds. The predicted molar refractivity (Wildman–Crippen MR) is 109 cm³/mol. The van der Waals surface area contributed by atoms with Crippen molar-refractivity contribution in [1.29, 1.82) is 0 Å². The second kappa shape index (κ2) is 9.19. The van der Waals surface area contributed by atoms with Crippen LogP contribution in [0.15, 0.2) is 48.5 Å². The maximum atomic E-state index is 12.3. The number of para-hydroxylation sites is 1. The molecular formula is C21H26N4O2. The summed E-state index contributed by atoms with van der Waals surface area (Å²) in [7, 11) is 0. The third-order valence-electron chi connectivity index (χ3n) is 4.74. The van der Waals surface area contributed by atoms with E-state index in [4.69, 9.17) is 0 Å². The Balaban J connectivity index is 1.55. The minimum Gasteiger partial charge on any atom is -0.326 e. The summed E-state index contributed by atoms with van der Waals surface area (Å²) < 4.78 is 0. The fourth-order valence-electron chi connectivity index (χ4n) is 3.16. The molecule has 1 atom stereocenters. The van der Waals surface area contributed by atoms with Crippen LogP contribution in [0.25, 0.3) is 0 Å². The number of carbonyl (C=O) groups is 2. The smallest absolute Gasteiger partial charge is 0.323 e. The number of carbonyl (C=O) groups excluding carboxylic acids is 2. The Morgan fingerprint density at radius 3 is 2.56 bits per heavy atom. The van der Waals surface area contributed by atoms with Crippen molar-refractivity contribution < 1.29 is 9.59 Å². The van der Waals surface area contributed by atoms with Gasteiger partial charge in [-0.25, -0.2) is 4.79 Å². The molecule has 1 aliphatic heterocycles. The summed E-state index contributed by atoms with van der Waals surface area (Å²) in [5.41, 5.74) is 3.03. The van der Waals surface area contributed by atoms with Gasteiger partial charge in [0.1, 0.15) is 0 Å². The van der Waals surface area contributed by atoms with Crippen LogP contribution in [0.2, 0.25) is 0 Å². The molecule has 1 heterocycles. The molecule has 0 radical (unpaired) electrons. The number of rotatable bonds is 6. The van der Waals surface area contributed by atoms with Crippen molar-refractivity contribution in [2.45, 2.75) is 26.2 Å². The lowest BCUT2D eigenvalue weighted by atomic mass is 10.0. The molecule has 0 aromatic heterocycles. The molecule has 4 N–H and O–H groups in total. The number of anilines is 3. The number of aryl methyl sites for hydroxylation is 1. The van der Waals surface area contributed by atoms with Crippen LogP contribution in [-0.4, -0.2) is 25.0 Å². The van der Waals surface area contributed by atoms with Crippen LogP contribution < -0.4 is 21.3 Å². The highest BCUT2D eigenvalue weighted by Crippen LogP contribution is 2.22. The monoisotopic (exact) mass is 366 g/mol.